The Balaban J connectivity index is 2.37. The monoisotopic (exact) mass is 200 g/mol. The van der Waals surface area contributed by atoms with Gasteiger partial charge in [-0.05, 0) is 26.4 Å². The summed E-state index contributed by atoms with van der Waals surface area (Å²) in [5.74, 6) is 0. The molecule has 1 aliphatic rings. The van der Waals surface area contributed by atoms with Crippen molar-refractivity contribution in [1.29, 1.82) is 0 Å². The lowest BCUT2D eigenvalue weighted by Gasteiger charge is -2.42. The third-order valence-corrected chi connectivity index (χ3v) is 5.63. The van der Waals surface area contributed by atoms with Crippen molar-refractivity contribution in [2.24, 2.45) is 0 Å². The first-order valence-corrected chi connectivity index (χ1v) is 6.86. The van der Waals surface area contributed by atoms with Crippen molar-refractivity contribution in [2.75, 3.05) is 13.6 Å². The molecule has 0 N–H and O–H groups in total. The predicted molar refractivity (Wildman–Crippen MR) is 61.5 cm³/mol. The van der Waals surface area contributed by atoms with Crippen molar-refractivity contribution in [2.45, 2.75) is 52.1 Å². The highest BCUT2D eigenvalue weighted by Gasteiger charge is 2.25. The molecule has 0 spiro atoms. The average molecular weight is 200 g/mol. The molecule has 0 aromatic rings. The quantitative estimate of drug-likeness (QED) is 0.632. The Bertz CT molecular complexity index is 152. The molecule has 0 amide bonds. The molecule has 0 aromatic carbocycles. The van der Waals surface area contributed by atoms with E-state index in [0.29, 0.717) is 0 Å². The minimum atomic E-state index is -0.102. The third kappa shape index (κ3) is 3.08. The molecule has 0 aliphatic carbocycles. The normalized spacial score (nSPS) is 34.2. The van der Waals surface area contributed by atoms with Crippen LogP contribution in [0.5, 0.6) is 0 Å². The van der Waals surface area contributed by atoms with E-state index in [0.717, 1.165) is 12.1 Å². The van der Waals surface area contributed by atoms with Crippen molar-refractivity contribution >= 4 is 9.84 Å². The summed E-state index contributed by atoms with van der Waals surface area (Å²) in [7, 11) is 2.19. The molecule has 1 rings (SSSR count). The predicted octanol–water partition coefficient (Wildman–Crippen LogP) is 1.20. The zero-order chi connectivity index (χ0) is 9.84. The van der Waals surface area contributed by atoms with E-state index < -0.39 is 0 Å². The third-order valence-electron chi connectivity index (χ3n) is 3.26. The van der Waals surface area contributed by atoms with Gasteiger partial charge >= 0.3 is 0 Å². The van der Waals surface area contributed by atoms with Gasteiger partial charge in [-0.1, -0.05) is 27.2 Å². The zero-order valence-electron chi connectivity index (χ0n) is 9.58. The Morgan fingerprint density at radius 2 is 2.00 bits per heavy atom. The fraction of sp³-hybridized carbons (Fsp3) is 1.00. The van der Waals surface area contributed by atoms with E-state index in [9.17, 15) is 0 Å². The number of hydrogen-bond donors (Lipinski definition) is 0. The lowest BCUT2D eigenvalue weighted by atomic mass is 10.1. The van der Waals surface area contributed by atoms with E-state index in [2.05, 4.69) is 36.9 Å². The van der Waals surface area contributed by atoms with Gasteiger partial charge in [0.2, 0.25) is 0 Å². The molecule has 2 atom stereocenters. The largest absolute Gasteiger partial charge is 0.317 e. The number of hydrogen-bond acceptors (Lipinski definition) is 2. The van der Waals surface area contributed by atoms with E-state index in [1.54, 1.807) is 0 Å². The molecule has 0 radical (unpaired) electrons. The van der Waals surface area contributed by atoms with Crippen LogP contribution in [-0.2, 0) is 0 Å². The standard InChI is InChI=1S/C10H24N2Si/c1-5-6-7-12-10(3)8-9(2)11(4)13-12/h9-10H,5-8,13H2,1-4H3. The van der Waals surface area contributed by atoms with Crippen LogP contribution in [0.1, 0.15) is 40.0 Å². The molecule has 2 nitrogen and oxygen atoms in total. The Kier molecular flexibility index (Phi) is 4.42. The van der Waals surface area contributed by atoms with Gasteiger partial charge in [0.1, 0.15) is 0 Å². The van der Waals surface area contributed by atoms with E-state index in [1.165, 1.54) is 25.8 Å². The molecule has 1 fully saturated rings. The second kappa shape index (κ2) is 5.13. The molecule has 78 valence electrons. The number of rotatable bonds is 3. The van der Waals surface area contributed by atoms with Gasteiger partial charge in [0, 0.05) is 12.1 Å². The first-order chi connectivity index (χ1) is 6.15. The molecular formula is C10H24N2Si. The van der Waals surface area contributed by atoms with E-state index >= 15 is 0 Å². The van der Waals surface area contributed by atoms with Gasteiger partial charge in [0.15, 0.2) is 9.84 Å². The molecular weight excluding hydrogens is 176 g/mol. The van der Waals surface area contributed by atoms with Crippen LogP contribution in [0.2, 0.25) is 0 Å². The van der Waals surface area contributed by atoms with Gasteiger partial charge in [0.05, 0.1) is 0 Å². The summed E-state index contributed by atoms with van der Waals surface area (Å²) in [6, 6.07) is 1.66. The lowest BCUT2D eigenvalue weighted by Crippen LogP contribution is -2.54. The van der Waals surface area contributed by atoms with Gasteiger partial charge in [-0.3, -0.25) is 0 Å². The molecule has 0 saturated carbocycles. The summed E-state index contributed by atoms with van der Waals surface area (Å²) in [5, 5.41) is 0. The van der Waals surface area contributed by atoms with Crippen molar-refractivity contribution in [3.05, 3.63) is 0 Å². The van der Waals surface area contributed by atoms with Gasteiger partial charge in [-0.15, -0.1) is 0 Å². The lowest BCUT2D eigenvalue weighted by molar-refractivity contribution is 0.207. The smallest absolute Gasteiger partial charge is 0.173 e. The van der Waals surface area contributed by atoms with Crippen LogP contribution in [-0.4, -0.2) is 44.6 Å². The highest BCUT2D eigenvalue weighted by atomic mass is 28.2. The van der Waals surface area contributed by atoms with Gasteiger partial charge < -0.3 is 9.13 Å². The number of nitrogens with zero attached hydrogens (tertiary/aromatic N) is 2. The molecule has 1 heterocycles. The van der Waals surface area contributed by atoms with Gasteiger partial charge in [0.25, 0.3) is 0 Å². The van der Waals surface area contributed by atoms with Crippen LogP contribution in [0.25, 0.3) is 0 Å². The average Bonchev–Trinajstić information content (AvgIpc) is 2.09. The number of unbranched alkanes of at least 4 members (excludes halogenated alkanes) is 1. The first kappa shape index (κ1) is 11.2. The second-order valence-electron chi connectivity index (χ2n) is 4.50. The molecule has 0 bridgehead atoms. The Morgan fingerprint density at radius 3 is 2.62 bits per heavy atom. The maximum atomic E-state index is 2.74. The SMILES string of the molecule is CCCCN1[SiH2]N(C)C(C)CC1C. The fourth-order valence-electron chi connectivity index (χ4n) is 2.04. The zero-order valence-corrected chi connectivity index (χ0v) is 11.0. The Hall–Kier alpha value is 0.137. The second-order valence-corrected chi connectivity index (χ2v) is 6.59. The van der Waals surface area contributed by atoms with Crippen LogP contribution in [0.3, 0.4) is 0 Å². The van der Waals surface area contributed by atoms with Crippen LogP contribution < -0.4 is 0 Å². The van der Waals surface area contributed by atoms with Gasteiger partial charge in [-0.2, -0.15) is 0 Å². The summed E-state index contributed by atoms with van der Waals surface area (Å²) < 4.78 is 5.33. The van der Waals surface area contributed by atoms with E-state index in [4.69, 9.17) is 0 Å². The summed E-state index contributed by atoms with van der Waals surface area (Å²) in [6.45, 7) is 8.37. The van der Waals surface area contributed by atoms with Gasteiger partial charge in [-0.25, -0.2) is 0 Å². The summed E-state index contributed by atoms with van der Waals surface area (Å²) in [6.07, 6.45) is 4.06. The fourth-order valence-corrected chi connectivity index (χ4v) is 3.83. The van der Waals surface area contributed by atoms with E-state index in [1.807, 2.05) is 0 Å². The maximum absolute atomic E-state index is 2.74. The molecule has 1 saturated heterocycles. The molecule has 13 heavy (non-hydrogen) atoms. The van der Waals surface area contributed by atoms with Crippen LogP contribution in [0.15, 0.2) is 0 Å². The summed E-state index contributed by atoms with van der Waals surface area (Å²) >= 11 is 0. The molecule has 3 heteroatoms. The van der Waals surface area contributed by atoms with Crippen molar-refractivity contribution in [3.63, 3.8) is 0 Å². The minimum Gasteiger partial charge on any atom is -0.317 e. The van der Waals surface area contributed by atoms with Crippen LogP contribution >= 0.6 is 0 Å². The molecule has 0 aromatic heterocycles. The highest BCUT2D eigenvalue weighted by Crippen LogP contribution is 2.16. The Labute approximate surface area is 85.3 Å². The van der Waals surface area contributed by atoms with Crippen LogP contribution in [0, 0.1) is 0 Å². The van der Waals surface area contributed by atoms with Crippen LogP contribution in [0.4, 0.5) is 0 Å². The molecule has 1 aliphatic heterocycles. The summed E-state index contributed by atoms with van der Waals surface area (Å²) in [4.78, 5) is 0. The van der Waals surface area contributed by atoms with Crippen molar-refractivity contribution in [3.8, 4) is 0 Å². The maximum Gasteiger partial charge on any atom is 0.173 e. The topological polar surface area (TPSA) is 6.48 Å². The van der Waals surface area contributed by atoms with Crippen molar-refractivity contribution in [1.82, 2.24) is 9.13 Å². The molecule has 2 unspecified atom stereocenters. The van der Waals surface area contributed by atoms with Crippen molar-refractivity contribution < 1.29 is 0 Å². The Morgan fingerprint density at radius 1 is 1.31 bits per heavy atom. The summed E-state index contributed by atoms with van der Waals surface area (Å²) in [5.41, 5.74) is 0. The van der Waals surface area contributed by atoms with E-state index in [-0.39, 0.29) is 9.84 Å². The highest BCUT2D eigenvalue weighted by molar-refractivity contribution is 6.28. The minimum absolute atomic E-state index is 0.102. The first-order valence-electron chi connectivity index (χ1n) is 5.59.